The molecule has 0 fully saturated rings. The minimum absolute atomic E-state index is 0.448. The quantitative estimate of drug-likeness (QED) is 0.873. The fraction of sp³-hybridized carbons (Fsp3) is 0.333. The predicted molar refractivity (Wildman–Crippen MR) is 69.3 cm³/mol. The number of para-hydroxylation sites is 1. The van der Waals surface area contributed by atoms with Crippen molar-refractivity contribution in [2.24, 2.45) is 0 Å². The molecule has 0 amide bonds. The lowest BCUT2D eigenvalue weighted by Crippen LogP contribution is -2.08. The van der Waals surface area contributed by atoms with E-state index in [1.165, 1.54) is 5.54 Å². The fourth-order valence-corrected chi connectivity index (χ4v) is 1.57. The van der Waals surface area contributed by atoms with Gasteiger partial charge in [-0.05, 0) is 25.6 Å². The standard InChI is InChI=1S/C12H15Cl2NO/c1-9(6-13)8-16-12-10(7-15-2)4-3-5-11(12)14/h3-6,15H,7-8H2,1-2H3/b9-6+. The van der Waals surface area contributed by atoms with Crippen molar-refractivity contribution in [2.75, 3.05) is 13.7 Å². The minimum Gasteiger partial charge on any atom is -0.487 e. The second kappa shape index (κ2) is 6.79. The highest BCUT2D eigenvalue weighted by Gasteiger charge is 2.07. The summed E-state index contributed by atoms with van der Waals surface area (Å²) in [5, 5.41) is 3.69. The van der Waals surface area contributed by atoms with Crippen molar-refractivity contribution in [3.8, 4) is 5.75 Å². The summed E-state index contributed by atoms with van der Waals surface area (Å²) >= 11 is 11.7. The maximum atomic E-state index is 6.09. The average molecular weight is 260 g/mol. The monoisotopic (exact) mass is 259 g/mol. The first-order chi connectivity index (χ1) is 7.69. The molecule has 88 valence electrons. The molecular formula is C12H15Cl2NO. The molecule has 1 N–H and O–H groups in total. The van der Waals surface area contributed by atoms with Gasteiger partial charge in [0.1, 0.15) is 12.4 Å². The van der Waals surface area contributed by atoms with E-state index in [4.69, 9.17) is 27.9 Å². The van der Waals surface area contributed by atoms with Gasteiger partial charge in [0.2, 0.25) is 0 Å². The molecule has 1 aromatic rings. The molecule has 0 aliphatic heterocycles. The Morgan fingerprint density at radius 2 is 2.25 bits per heavy atom. The van der Waals surface area contributed by atoms with E-state index in [2.05, 4.69) is 5.32 Å². The zero-order chi connectivity index (χ0) is 12.0. The summed E-state index contributed by atoms with van der Waals surface area (Å²) in [6.07, 6.45) is 0. The van der Waals surface area contributed by atoms with Crippen molar-refractivity contribution in [2.45, 2.75) is 13.5 Å². The van der Waals surface area contributed by atoms with Crippen LogP contribution in [0, 0.1) is 0 Å². The highest BCUT2D eigenvalue weighted by molar-refractivity contribution is 6.32. The van der Waals surface area contributed by atoms with E-state index in [0.717, 1.165) is 23.4 Å². The molecule has 0 heterocycles. The molecule has 0 saturated heterocycles. The SMILES string of the molecule is CNCc1cccc(Cl)c1OC/C(C)=C/Cl. The van der Waals surface area contributed by atoms with Crippen LogP contribution in [0.1, 0.15) is 12.5 Å². The Labute approximate surface area is 106 Å². The van der Waals surface area contributed by atoms with Gasteiger partial charge in [-0.2, -0.15) is 0 Å². The van der Waals surface area contributed by atoms with E-state index in [1.807, 2.05) is 32.2 Å². The predicted octanol–water partition coefficient (Wildman–Crippen LogP) is 3.58. The molecule has 0 bridgehead atoms. The van der Waals surface area contributed by atoms with E-state index < -0.39 is 0 Å². The van der Waals surface area contributed by atoms with Crippen molar-refractivity contribution >= 4 is 23.2 Å². The third-order valence-electron chi connectivity index (χ3n) is 2.05. The van der Waals surface area contributed by atoms with Gasteiger partial charge in [0.05, 0.1) is 5.02 Å². The minimum atomic E-state index is 0.448. The van der Waals surface area contributed by atoms with E-state index in [0.29, 0.717) is 11.6 Å². The van der Waals surface area contributed by atoms with Crippen LogP contribution in [-0.4, -0.2) is 13.7 Å². The molecule has 0 atom stereocenters. The lowest BCUT2D eigenvalue weighted by Gasteiger charge is -2.12. The normalized spacial score (nSPS) is 11.6. The molecule has 16 heavy (non-hydrogen) atoms. The molecule has 0 spiro atoms. The summed E-state index contributed by atoms with van der Waals surface area (Å²) in [6, 6.07) is 5.71. The van der Waals surface area contributed by atoms with Gasteiger partial charge < -0.3 is 10.1 Å². The first-order valence-electron chi connectivity index (χ1n) is 4.99. The van der Waals surface area contributed by atoms with Gasteiger partial charge in [0.15, 0.2) is 0 Å². The Bertz CT molecular complexity index is 377. The lowest BCUT2D eigenvalue weighted by atomic mass is 10.2. The van der Waals surface area contributed by atoms with Crippen molar-refractivity contribution in [3.05, 3.63) is 39.9 Å². The zero-order valence-corrected chi connectivity index (χ0v) is 10.9. The zero-order valence-electron chi connectivity index (χ0n) is 9.39. The van der Waals surface area contributed by atoms with Crippen LogP contribution in [0.3, 0.4) is 0 Å². The van der Waals surface area contributed by atoms with E-state index in [1.54, 1.807) is 0 Å². The largest absolute Gasteiger partial charge is 0.487 e. The third kappa shape index (κ3) is 3.71. The van der Waals surface area contributed by atoms with Crippen molar-refractivity contribution in [1.29, 1.82) is 0 Å². The molecule has 1 aromatic carbocycles. The van der Waals surface area contributed by atoms with E-state index in [9.17, 15) is 0 Å². The molecule has 0 saturated carbocycles. The smallest absolute Gasteiger partial charge is 0.142 e. The first-order valence-corrected chi connectivity index (χ1v) is 5.81. The summed E-state index contributed by atoms with van der Waals surface area (Å²) in [7, 11) is 1.88. The first kappa shape index (κ1) is 13.4. The number of benzene rings is 1. The van der Waals surface area contributed by atoms with Crippen LogP contribution in [0.4, 0.5) is 0 Å². The van der Waals surface area contributed by atoms with Crippen LogP contribution in [-0.2, 0) is 6.54 Å². The molecule has 4 heteroatoms. The molecule has 0 radical (unpaired) electrons. The van der Waals surface area contributed by atoms with Gasteiger partial charge in [-0.25, -0.2) is 0 Å². The van der Waals surface area contributed by atoms with Crippen LogP contribution in [0.15, 0.2) is 29.3 Å². The number of halogens is 2. The molecule has 0 aromatic heterocycles. The summed E-state index contributed by atoms with van der Waals surface area (Å²) in [5.74, 6) is 0.719. The number of ether oxygens (including phenoxy) is 1. The third-order valence-corrected chi connectivity index (χ3v) is 2.72. The summed E-state index contributed by atoms with van der Waals surface area (Å²) < 4.78 is 5.65. The molecular weight excluding hydrogens is 245 g/mol. The van der Waals surface area contributed by atoms with Crippen LogP contribution in [0.5, 0.6) is 5.75 Å². The highest BCUT2D eigenvalue weighted by atomic mass is 35.5. The molecule has 0 aliphatic carbocycles. The van der Waals surface area contributed by atoms with Crippen LogP contribution < -0.4 is 10.1 Å². The highest BCUT2D eigenvalue weighted by Crippen LogP contribution is 2.28. The molecule has 0 unspecified atom stereocenters. The Balaban J connectivity index is 2.83. The van der Waals surface area contributed by atoms with Gasteiger partial charge in [-0.15, -0.1) is 0 Å². The topological polar surface area (TPSA) is 21.3 Å². The Kier molecular flexibility index (Phi) is 5.67. The molecule has 2 nitrogen and oxygen atoms in total. The van der Waals surface area contributed by atoms with Gasteiger partial charge in [0.25, 0.3) is 0 Å². The van der Waals surface area contributed by atoms with Crippen LogP contribution in [0.25, 0.3) is 0 Å². The maximum Gasteiger partial charge on any atom is 0.142 e. The maximum absolute atomic E-state index is 6.09. The number of hydrogen-bond acceptors (Lipinski definition) is 2. The van der Waals surface area contributed by atoms with Crippen molar-refractivity contribution in [3.63, 3.8) is 0 Å². The van der Waals surface area contributed by atoms with E-state index >= 15 is 0 Å². The molecule has 1 rings (SSSR count). The Hall–Kier alpha value is -0.700. The van der Waals surface area contributed by atoms with Gasteiger partial charge in [-0.3, -0.25) is 0 Å². The number of rotatable bonds is 5. The number of nitrogens with one attached hydrogen (secondary N) is 1. The fourth-order valence-electron chi connectivity index (χ4n) is 1.26. The van der Waals surface area contributed by atoms with Gasteiger partial charge in [0, 0.05) is 17.6 Å². The van der Waals surface area contributed by atoms with E-state index in [-0.39, 0.29) is 0 Å². The average Bonchev–Trinajstić information content (AvgIpc) is 2.28. The van der Waals surface area contributed by atoms with Crippen molar-refractivity contribution in [1.82, 2.24) is 5.32 Å². The second-order valence-corrected chi connectivity index (χ2v) is 4.13. The second-order valence-electron chi connectivity index (χ2n) is 3.50. The van der Waals surface area contributed by atoms with Crippen LogP contribution in [0.2, 0.25) is 5.02 Å². The number of hydrogen-bond donors (Lipinski definition) is 1. The molecule has 0 aliphatic rings. The van der Waals surface area contributed by atoms with Gasteiger partial charge in [-0.1, -0.05) is 35.3 Å². The summed E-state index contributed by atoms with van der Waals surface area (Å²) in [6.45, 7) is 3.07. The summed E-state index contributed by atoms with van der Waals surface area (Å²) in [4.78, 5) is 0. The Morgan fingerprint density at radius 3 is 2.88 bits per heavy atom. The van der Waals surface area contributed by atoms with Crippen LogP contribution >= 0.6 is 23.2 Å². The van der Waals surface area contributed by atoms with Gasteiger partial charge >= 0.3 is 0 Å². The summed E-state index contributed by atoms with van der Waals surface area (Å²) in [5.41, 5.74) is 3.50. The lowest BCUT2D eigenvalue weighted by molar-refractivity contribution is 0.348. The van der Waals surface area contributed by atoms with Crippen molar-refractivity contribution < 1.29 is 4.74 Å². The Morgan fingerprint density at radius 1 is 1.50 bits per heavy atom.